The van der Waals surface area contributed by atoms with E-state index in [-0.39, 0.29) is 11.9 Å². The van der Waals surface area contributed by atoms with Gasteiger partial charge in [0.05, 0.1) is 18.2 Å². The van der Waals surface area contributed by atoms with Crippen molar-refractivity contribution in [2.45, 2.75) is 0 Å². The molecule has 0 aliphatic rings. The van der Waals surface area contributed by atoms with E-state index in [1.807, 2.05) is 18.2 Å². The highest BCUT2D eigenvalue weighted by molar-refractivity contribution is 6.04. The number of hydrogen-bond donors (Lipinski definition) is 2. The molecule has 1 heterocycles. The van der Waals surface area contributed by atoms with Crippen molar-refractivity contribution in [3.8, 4) is 0 Å². The van der Waals surface area contributed by atoms with E-state index in [1.165, 1.54) is 13.3 Å². The van der Waals surface area contributed by atoms with Crippen LogP contribution in [0.25, 0.3) is 0 Å². The van der Waals surface area contributed by atoms with Crippen LogP contribution in [0, 0.1) is 0 Å². The Morgan fingerprint density at radius 3 is 2.31 bits per heavy atom. The van der Waals surface area contributed by atoms with E-state index < -0.39 is 0 Å². The first kappa shape index (κ1) is 17.2. The number of carbonyl (C=O) groups is 2. The smallest absolute Gasteiger partial charge is 0.337 e. The zero-order chi connectivity index (χ0) is 18.4. The van der Waals surface area contributed by atoms with Gasteiger partial charge in [-0.05, 0) is 54.6 Å². The van der Waals surface area contributed by atoms with Crippen molar-refractivity contribution in [3.63, 3.8) is 0 Å². The lowest BCUT2D eigenvalue weighted by Gasteiger charge is -2.09. The molecule has 26 heavy (non-hydrogen) atoms. The van der Waals surface area contributed by atoms with Crippen molar-refractivity contribution in [2.24, 2.45) is 0 Å². The minimum atomic E-state index is -0.387. The van der Waals surface area contributed by atoms with Gasteiger partial charge in [-0.15, -0.1) is 0 Å². The molecule has 1 amide bonds. The van der Waals surface area contributed by atoms with Crippen molar-refractivity contribution >= 4 is 28.9 Å². The SMILES string of the molecule is COC(=O)c1cccc(Nc2ccc(NC(=O)c3cccnc3)cc2)c1. The molecule has 0 aliphatic carbocycles. The monoisotopic (exact) mass is 347 g/mol. The fourth-order valence-corrected chi connectivity index (χ4v) is 2.35. The van der Waals surface area contributed by atoms with Crippen LogP contribution in [-0.2, 0) is 4.74 Å². The summed E-state index contributed by atoms with van der Waals surface area (Å²) in [5.41, 5.74) is 3.23. The summed E-state index contributed by atoms with van der Waals surface area (Å²) >= 11 is 0. The minimum Gasteiger partial charge on any atom is -0.465 e. The molecule has 0 radical (unpaired) electrons. The molecular formula is C20H17N3O3. The summed E-state index contributed by atoms with van der Waals surface area (Å²) in [6.07, 6.45) is 3.13. The van der Waals surface area contributed by atoms with Gasteiger partial charge in [-0.25, -0.2) is 4.79 Å². The maximum Gasteiger partial charge on any atom is 0.337 e. The van der Waals surface area contributed by atoms with Crippen LogP contribution in [0.15, 0.2) is 73.1 Å². The molecule has 6 heteroatoms. The fraction of sp³-hybridized carbons (Fsp3) is 0.0500. The lowest BCUT2D eigenvalue weighted by molar-refractivity contribution is 0.0600. The van der Waals surface area contributed by atoms with E-state index >= 15 is 0 Å². The van der Waals surface area contributed by atoms with E-state index in [0.717, 1.165) is 11.4 Å². The second kappa shape index (κ2) is 7.94. The molecule has 0 fully saturated rings. The van der Waals surface area contributed by atoms with Crippen LogP contribution >= 0.6 is 0 Å². The maximum atomic E-state index is 12.1. The van der Waals surface area contributed by atoms with Gasteiger partial charge in [-0.3, -0.25) is 9.78 Å². The van der Waals surface area contributed by atoms with Crippen LogP contribution in [0.3, 0.4) is 0 Å². The Balaban J connectivity index is 1.66. The van der Waals surface area contributed by atoms with E-state index in [2.05, 4.69) is 15.6 Å². The molecule has 2 aromatic carbocycles. The summed E-state index contributed by atoms with van der Waals surface area (Å²) in [6, 6.07) is 17.7. The summed E-state index contributed by atoms with van der Waals surface area (Å²) in [5, 5.41) is 6.02. The van der Waals surface area contributed by atoms with Gasteiger partial charge >= 0.3 is 5.97 Å². The molecule has 0 bridgehead atoms. The molecule has 0 atom stereocenters. The molecule has 6 nitrogen and oxygen atoms in total. The molecule has 3 rings (SSSR count). The topological polar surface area (TPSA) is 80.3 Å². The van der Waals surface area contributed by atoms with Crippen LogP contribution < -0.4 is 10.6 Å². The average molecular weight is 347 g/mol. The van der Waals surface area contributed by atoms with Gasteiger partial charge in [0.25, 0.3) is 5.91 Å². The Bertz CT molecular complexity index is 909. The van der Waals surface area contributed by atoms with Crippen molar-refractivity contribution in [1.82, 2.24) is 4.98 Å². The molecule has 0 aliphatic heterocycles. The number of aromatic nitrogens is 1. The first-order valence-electron chi connectivity index (χ1n) is 7.92. The maximum absolute atomic E-state index is 12.1. The summed E-state index contributed by atoms with van der Waals surface area (Å²) < 4.78 is 4.72. The highest BCUT2D eigenvalue weighted by Gasteiger charge is 2.07. The molecule has 0 spiro atoms. The predicted molar refractivity (Wildman–Crippen MR) is 99.7 cm³/mol. The van der Waals surface area contributed by atoms with Crippen molar-refractivity contribution in [1.29, 1.82) is 0 Å². The van der Waals surface area contributed by atoms with Crippen LogP contribution in [0.2, 0.25) is 0 Å². The number of ether oxygens (including phenoxy) is 1. The normalized spacial score (nSPS) is 10.0. The minimum absolute atomic E-state index is 0.218. The van der Waals surface area contributed by atoms with Gasteiger partial charge in [0.1, 0.15) is 0 Å². The second-order valence-corrected chi connectivity index (χ2v) is 5.47. The Hall–Kier alpha value is -3.67. The number of nitrogens with zero attached hydrogens (tertiary/aromatic N) is 1. The molecule has 2 N–H and O–H groups in total. The lowest BCUT2D eigenvalue weighted by Crippen LogP contribution is -2.11. The zero-order valence-electron chi connectivity index (χ0n) is 14.1. The number of methoxy groups -OCH3 is 1. The third-order valence-electron chi connectivity index (χ3n) is 3.64. The van der Waals surface area contributed by atoms with Crippen LogP contribution in [0.5, 0.6) is 0 Å². The first-order valence-corrected chi connectivity index (χ1v) is 7.92. The fourth-order valence-electron chi connectivity index (χ4n) is 2.35. The summed E-state index contributed by atoms with van der Waals surface area (Å²) in [7, 11) is 1.35. The van der Waals surface area contributed by atoms with Gasteiger partial charge in [0, 0.05) is 29.5 Å². The Kier molecular flexibility index (Phi) is 5.24. The van der Waals surface area contributed by atoms with E-state index in [4.69, 9.17) is 4.74 Å². The summed E-state index contributed by atoms with van der Waals surface area (Å²) in [6.45, 7) is 0. The van der Waals surface area contributed by atoms with Crippen molar-refractivity contribution < 1.29 is 14.3 Å². The zero-order valence-corrected chi connectivity index (χ0v) is 14.1. The van der Waals surface area contributed by atoms with Crippen LogP contribution in [-0.4, -0.2) is 24.0 Å². The second-order valence-electron chi connectivity index (χ2n) is 5.47. The number of hydrogen-bond acceptors (Lipinski definition) is 5. The standard InChI is InChI=1S/C20H17N3O3/c1-26-20(25)14-4-2-6-18(12-14)22-16-7-9-17(10-8-16)23-19(24)15-5-3-11-21-13-15/h2-13,22H,1H3,(H,23,24). The number of rotatable bonds is 5. The third-order valence-corrected chi connectivity index (χ3v) is 3.64. The van der Waals surface area contributed by atoms with Crippen LogP contribution in [0.4, 0.5) is 17.1 Å². The average Bonchev–Trinajstić information content (AvgIpc) is 2.69. The largest absolute Gasteiger partial charge is 0.465 e. The number of carbonyl (C=O) groups excluding carboxylic acids is 2. The van der Waals surface area contributed by atoms with E-state index in [1.54, 1.807) is 48.7 Å². The van der Waals surface area contributed by atoms with Gasteiger partial charge in [0.2, 0.25) is 0 Å². The van der Waals surface area contributed by atoms with E-state index in [9.17, 15) is 9.59 Å². The first-order chi connectivity index (χ1) is 12.7. The van der Waals surface area contributed by atoms with Gasteiger partial charge in [0.15, 0.2) is 0 Å². The van der Waals surface area contributed by atoms with Crippen molar-refractivity contribution in [2.75, 3.05) is 17.7 Å². The van der Waals surface area contributed by atoms with Crippen LogP contribution in [0.1, 0.15) is 20.7 Å². The highest BCUT2D eigenvalue weighted by atomic mass is 16.5. The number of anilines is 3. The summed E-state index contributed by atoms with van der Waals surface area (Å²) in [5.74, 6) is -0.605. The molecule has 130 valence electrons. The highest BCUT2D eigenvalue weighted by Crippen LogP contribution is 2.20. The Morgan fingerprint density at radius 1 is 0.885 bits per heavy atom. The molecule has 3 aromatic rings. The van der Waals surface area contributed by atoms with Crippen molar-refractivity contribution in [3.05, 3.63) is 84.2 Å². The number of nitrogens with one attached hydrogen (secondary N) is 2. The lowest BCUT2D eigenvalue weighted by atomic mass is 10.2. The predicted octanol–water partition coefficient (Wildman–Crippen LogP) is 3.86. The number of benzene rings is 2. The number of pyridine rings is 1. The molecule has 1 aromatic heterocycles. The molecule has 0 saturated heterocycles. The van der Waals surface area contributed by atoms with Gasteiger partial charge in [-0.1, -0.05) is 6.07 Å². The molecule has 0 saturated carbocycles. The molecule has 0 unspecified atom stereocenters. The molecular weight excluding hydrogens is 330 g/mol. The Morgan fingerprint density at radius 2 is 1.62 bits per heavy atom. The Labute approximate surface area is 150 Å². The van der Waals surface area contributed by atoms with Gasteiger partial charge < -0.3 is 15.4 Å². The quantitative estimate of drug-likeness (QED) is 0.685. The summed E-state index contributed by atoms with van der Waals surface area (Å²) in [4.78, 5) is 27.6. The van der Waals surface area contributed by atoms with E-state index in [0.29, 0.717) is 16.8 Å². The number of esters is 1. The third kappa shape index (κ3) is 4.24. The van der Waals surface area contributed by atoms with Gasteiger partial charge in [-0.2, -0.15) is 0 Å². The number of amides is 1.